The fourth-order valence-electron chi connectivity index (χ4n) is 2.18. The molecule has 3 heteroatoms. The van der Waals surface area contributed by atoms with Gasteiger partial charge in [-0.2, -0.15) is 5.26 Å². The Kier molecular flexibility index (Phi) is 2.43. The summed E-state index contributed by atoms with van der Waals surface area (Å²) < 4.78 is 0. The summed E-state index contributed by atoms with van der Waals surface area (Å²) in [5.74, 6) is 0. The van der Waals surface area contributed by atoms with Crippen molar-refractivity contribution in [3.8, 4) is 6.07 Å². The molecular formula is C11H11ClN2. The Labute approximate surface area is 88.5 Å². The average Bonchev–Trinajstić information content (AvgIpc) is 2.68. The van der Waals surface area contributed by atoms with Crippen LogP contribution in [0.25, 0.3) is 0 Å². The number of hydrogen-bond donors (Lipinski definition) is 0. The number of hydrogen-bond acceptors (Lipinski definition) is 2. The molecule has 0 bridgehead atoms. The minimum Gasteiger partial charge on any atom is -0.263 e. The Hall–Kier alpha value is -1.07. The van der Waals surface area contributed by atoms with Crippen molar-refractivity contribution in [1.29, 1.82) is 5.26 Å². The van der Waals surface area contributed by atoms with E-state index in [1.807, 2.05) is 6.07 Å². The summed E-state index contributed by atoms with van der Waals surface area (Å²) in [5.41, 5.74) is 0.606. The topological polar surface area (TPSA) is 36.7 Å². The lowest BCUT2D eigenvalue weighted by Crippen LogP contribution is -2.19. The second-order valence-electron chi connectivity index (χ2n) is 3.76. The van der Waals surface area contributed by atoms with Crippen LogP contribution in [0.3, 0.4) is 0 Å². The molecule has 1 heterocycles. The second kappa shape index (κ2) is 3.59. The van der Waals surface area contributed by atoms with E-state index in [-0.39, 0.29) is 5.41 Å². The van der Waals surface area contributed by atoms with Gasteiger partial charge >= 0.3 is 0 Å². The molecule has 0 radical (unpaired) electrons. The molecule has 1 saturated carbocycles. The molecule has 0 aromatic carbocycles. The van der Waals surface area contributed by atoms with Crippen molar-refractivity contribution in [3.63, 3.8) is 0 Å². The first-order valence-corrected chi connectivity index (χ1v) is 5.17. The Bertz CT molecular complexity index is 375. The Balaban J connectivity index is 2.47. The van der Waals surface area contributed by atoms with Crippen LogP contribution < -0.4 is 0 Å². The van der Waals surface area contributed by atoms with E-state index in [0.29, 0.717) is 5.02 Å². The third kappa shape index (κ3) is 1.38. The molecule has 1 aromatic heterocycles. The molecular weight excluding hydrogens is 196 g/mol. The van der Waals surface area contributed by atoms with Crippen LogP contribution in [0, 0.1) is 11.3 Å². The van der Waals surface area contributed by atoms with Crippen molar-refractivity contribution in [2.24, 2.45) is 0 Å². The van der Waals surface area contributed by atoms with Crippen LogP contribution in [-0.2, 0) is 5.41 Å². The summed E-state index contributed by atoms with van der Waals surface area (Å²) in [6.45, 7) is 0. The van der Waals surface area contributed by atoms with E-state index in [4.69, 9.17) is 11.6 Å². The van der Waals surface area contributed by atoms with Gasteiger partial charge < -0.3 is 0 Å². The molecule has 72 valence electrons. The van der Waals surface area contributed by atoms with Crippen LogP contribution >= 0.6 is 11.6 Å². The standard InChI is InChI=1S/C11H11ClN2/c12-10-7-14-6-3-9(10)11(8-13)4-1-2-5-11/h3,6-7H,1-2,4-5H2. The van der Waals surface area contributed by atoms with Crippen LogP contribution in [0.2, 0.25) is 5.02 Å². The van der Waals surface area contributed by atoms with Crippen molar-refractivity contribution in [1.82, 2.24) is 4.98 Å². The summed E-state index contributed by atoms with van der Waals surface area (Å²) in [6.07, 6.45) is 7.41. The molecule has 0 amide bonds. The third-order valence-corrected chi connectivity index (χ3v) is 3.26. The molecule has 0 aliphatic heterocycles. The highest BCUT2D eigenvalue weighted by atomic mass is 35.5. The van der Waals surface area contributed by atoms with E-state index in [0.717, 1.165) is 31.2 Å². The van der Waals surface area contributed by atoms with Gasteiger partial charge in [-0.3, -0.25) is 4.98 Å². The summed E-state index contributed by atoms with van der Waals surface area (Å²) in [7, 11) is 0. The number of nitriles is 1. The maximum Gasteiger partial charge on any atom is 0.0837 e. The van der Waals surface area contributed by atoms with Crippen LogP contribution in [-0.4, -0.2) is 4.98 Å². The summed E-state index contributed by atoms with van der Waals surface area (Å²) >= 11 is 6.06. The van der Waals surface area contributed by atoms with E-state index < -0.39 is 0 Å². The predicted octanol–water partition coefficient (Wildman–Crippen LogP) is 3.07. The van der Waals surface area contributed by atoms with Gasteiger partial charge in [-0.15, -0.1) is 0 Å². The molecule has 14 heavy (non-hydrogen) atoms. The molecule has 2 rings (SSSR count). The minimum absolute atomic E-state index is 0.347. The average molecular weight is 207 g/mol. The fourth-order valence-corrected chi connectivity index (χ4v) is 2.48. The van der Waals surface area contributed by atoms with E-state index in [1.165, 1.54) is 0 Å². The van der Waals surface area contributed by atoms with Crippen molar-refractivity contribution >= 4 is 11.6 Å². The van der Waals surface area contributed by atoms with Gasteiger partial charge in [0.1, 0.15) is 0 Å². The molecule has 2 nitrogen and oxygen atoms in total. The van der Waals surface area contributed by atoms with E-state index in [1.54, 1.807) is 12.4 Å². The highest BCUT2D eigenvalue weighted by Gasteiger charge is 2.37. The normalized spacial score (nSPS) is 19.1. The van der Waals surface area contributed by atoms with E-state index >= 15 is 0 Å². The summed E-state index contributed by atoms with van der Waals surface area (Å²) in [4.78, 5) is 3.94. The van der Waals surface area contributed by atoms with Gasteiger partial charge in [0.2, 0.25) is 0 Å². The first-order chi connectivity index (χ1) is 6.78. The van der Waals surface area contributed by atoms with Crippen LogP contribution in [0.15, 0.2) is 18.5 Å². The molecule has 1 aliphatic rings. The molecule has 1 aromatic rings. The first-order valence-electron chi connectivity index (χ1n) is 4.80. The maximum absolute atomic E-state index is 9.27. The second-order valence-corrected chi connectivity index (χ2v) is 4.16. The Morgan fingerprint density at radius 3 is 2.71 bits per heavy atom. The maximum atomic E-state index is 9.27. The number of halogens is 1. The van der Waals surface area contributed by atoms with Crippen LogP contribution in [0.5, 0.6) is 0 Å². The van der Waals surface area contributed by atoms with E-state index in [2.05, 4.69) is 11.1 Å². The quantitative estimate of drug-likeness (QED) is 0.708. The van der Waals surface area contributed by atoms with Crippen molar-refractivity contribution in [2.75, 3.05) is 0 Å². The molecule has 0 N–H and O–H groups in total. The Morgan fingerprint density at radius 2 is 2.14 bits per heavy atom. The number of nitrogens with zero attached hydrogens (tertiary/aromatic N) is 2. The fraction of sp³-hybridized carbons (Fsp3) is 0.455. The highest BCUT2D eigenvalue weighted by molar-refractivity contribution is 6.31. The van der Waals surface area contributed by atoms with Gasteiger partial charge in [-0.1, -0.05) is 24.4 Å². The molecule has 0 spiro atoms. The molecule has 0 unspecified atom stereocenters. The van der Waals surface area contributed by atoms with Crippen molar-refractivity contribution in [3.05, 3.63) is 29.0 Å². The predicted molar refractivity (Wildman–Crippen MR) is 55.0 cm³/mol. The zero-order valence-electron chi connectivity index (χ0n) is 7.83. The van der Waals surface area contributed by atoms with Crippen molar-refractivity contribution < 1.29 is 0 Å². The molecule has 0 saturated heterocycles. The van der Waals surface area contributed by atoms with Gasteiger partial charge in [0, 0.05) is 12.4 Å². The number of rotatable bonds is 1. The monoisotopic (exact) mass is 206 g/mol. The molecule has 1 fully saturated rings. The summed E-state index contributed by atoms with van der Waals surface area (Å²) in [6, 6.07) is 4.29. The first kappa shape index (κ1) is 9.48. The molecule has 1 aliphatic carbocycles. The lowest BCUT2D eigenvalue weighted by molar-refractivity contribution is 0.572. The number of pyridine rings is 1. The van der Waals surface area contributed by atoms with Crippen LogP contribution in [0.4, 0.5) is 0 Å². The summed E-state index contributed by atoms with van der Waals surface area (Å²) in [5, 5.41) is 9.89. The Morgan fingerprint density at radius 1 is 1.43 bits per heavy atom. The lowest BCUT2D eigenvalue weighted by atomic mass is 9.81. The highest BCUT2D eigenvalue weighted by Crippen LogP contribution is 2.42. The molecule has 0 atom stereocenters. The van der Waals surface area contributed by atoms with Gasteiger partial charge in [-0.05, 0) is 24.5 Å². The van der Waals surface area contributed by atoms with Crippen molar-refractivity contribution in [2.45, 2.75) is 31.1 Å². The van der Waals surface area contributed by atoms with Gasteiger partial charge in [0.05, 0.1) is 16.5 Å². The van der Waals surface area contributed by atoms with Gasteiger partial charge in [-0.25, -0.2) is 0 Å². The lowest BCUT2D eigenvalue weighted by Gasteiger charge is -2.21. The number of aromatic nitrogens is 1. The zero-order chi connectivity index (χ0) is 10.0. The largest absolute Gasteiger partial charge is 0.263 e. The van der Waals surface area contributed by atoms with E-state index in [9.17, 15) is 5.26 Å². The van der Waals surface area contributed by atoms with Gasteiger partial charge in [0.15, 0.2) is 0 Å². The minimum atomic E-state index is -0.347. The van der Waals surface area contributed by atoms with Crippen LogP contribution in [0.1, 0.15) is 31.2 Å². The SMILES string of the molecule is N#CC1(c2ccncc2Cl)CCCC1. The van der Waals surface area contributed by atoms with Gasteiger partial charge in [0.25, 0.3) is 0 Å². The zero-order valence-corrected chi connectivity index (χ0v) is 8.59. The smallest absolute Gasteiger partial charge is 0.0837 e. The third-order valence-electron chi connectivity index (χ3n) is 2.96.